The van der Waals surface area contributed by atoms with Gasteiger partial charge in [0.05, 0.1) is 11.0 Å². The smallest absolute Gasteiger partial charge is 0.163 e. The Morgan fingerprint density at radius 2 is 0.932 bits per heavy atom. The second kappa shape index (κ2) is 9.85. The maximum Gasteiger partial charge on any atom is 0.163 e. The zero-order valence-corrected chi connectivity index (χ0v) is 23.8. The molecule has 0 saturated heterocycles. The van der Waals surface area contributed by atoms with Crippen LogP contribution in [0.5, 0.6) is 0 Å². The third-order valence-corrected chi connectivity index (χ3v) is 8.87. The van der Waals surface area contributed by atoms with Gasteiger partial charge in [0.15, 0.2) is 11.6 Å². The van der Waals surface area contributed by atoms with Crippen LogP contribution in [0, 0.1) is 0 Å². The summed E-state index contributed by atoms with van der Waals surface area (Å²) in [7, 11) is 0. The monoisotopic (exact) mass is 562 g/mol. The van der Waals surface area contributed by atoms with E-state index in [0.717, 1.165) is 16.8 Å². The van der Waals surface area contributed by atoms with E-state index in [0.29, 0.717) is 11.6 Å². The summed E-state index contributed by atoms with van der Waals surface area (Å²) in [6, 6.07) is 51.7. The molecule has 206 valence electrons. The van der Waals surface area contributed by atoms with Gasteiger partial charge in [-0.1, -0.05) is 109 Å². The van der Waals surface area contributed by atoms with E-state index in [4.69, 9.17) is 4.98 Å². The summed E-state index contributed by atoms with van der Waals surface area (Å²) in [5.74, 6) is 1.55. The Labute approximate surface area is 255 Å². The lowest BCUT2D eigenvalue weighted by atomic mass is 9.89. The third kappa shape index (κ3) is 3.81. The second-order valence-corrected chi connectivity index (χ2v) is 11.3. The minimum atomic E-state index is 0.221. The standard InChI is InChI=1S/C40H26N4/c1-3-13-34-30(9-1)31-10-2-4-14-35(31)38(34)26-17-19-27(20-18-26)39-41-25-42-40(43-39)28-21-23-29(24-22-28)44-36-15-7-5-11-32(36)33-12-6-8-16-37(33)44/h1-25,38H. The van der Waals surface area contributed by atoms with Crippen molar-refractivity contribution in [2.45, 2.75) is 5.92 Å². The Kier molecular flexibility index (Phi) is 5.53. The molecule has 0 saturated carbocycles. The predicted molar refractivity (Wildman–Crippen MR) is 178 cm³/mol. The zero-order chi connectivity index (χ0) is 29.0. The van der Waals surface area contributed by atoms with Crippen LogP contribution in [0.2, 0.25) is 0 Å². The zero-order valence-electron chi connectivity index (χ0n) is 23.8. The Balaban J connectivity index is 1.04. The molecule has 0 bridgehead atoms. The number of para-hydroxylation sites is 2. The Hall–Kier alpha value is -5.87. The lowest BCUT2D eigenvalue weighted by Gasteiger charge is -2.15. The van der Waals surface area contributed by atoms with Gasteiger partial charge in [0, 0.05) is 33.5 Å². The van der Waals surface area contributed by atoms with Crippen LogP contribution in [-0.4, -0.2) is 19.5 Å². The Morgan fingerprint density at radius 3 is 1.50 bits per heavy atom. The summed E-state index contributed by atoms with van der Waals surface area (Å²) < 4.78 is 2.32. The molecule has 6 aromatic carbocycles. The first-order chi connectivity index (χ1) is 21.8. The molecule has 0 radical (unpaired) electrons. The summed E-state index contributed by atoms with van der Waals surface area (Å²) in [6.07, 6.45) is 1.61. The molecular weight excluding hydrogens is 536 g/mol. The molecule has 0 spiro atoms. The SMILES string of the molecule is c1ccc2c(c1)-c1ccccc1C2c1ccc(-c2ncnc(-c3ccc(-n4c5ccccc5c5ccccc54)cc3)n2)cc1. The number of fused-ring (bicyclic) bond motifs is 6. The molecule has 0 aliphatic heterocycles. The van der Waals surface area contributed by atoms with Crippen LogP contribution in [0.3, 0.4) is 0 Å². The van der Waals surface area contributed by atoms with Crippen molar-refractivity contribution in [3.05, 3.63) is 169 Å². The largest absolute Gasteiger partial charge is 0.309 e. The molecule has 0 N–H and O–H groups in total. The molecule has 1 aliphatic rings. The highest BCUT2D eigenvalue weighted by Gasteiger charge is 2.29. The van der Waals surface area contributed by atoms with Crippen LogP contribution in [0.4, 0.5) is 0 Å². The number of rotatable bonds is 4. The fraction of sp³-hybridized carbons (Fsp3) is 0.0250. The van der Waals surface area contributed by atoms with E-state index in [1.807, 2.05) is 0 Å². The van der Waals surface area contributed by atoms with Crippen molar-refractivity contribution >= 4 is 21.8 Å². The Bertz CT molecular complexity index is 2230. The average molecular weight is 563 g/mol. The van der Waals surface area contributed by atoms with Crippen LogP contribution in [-0.2, 0) is 0 Å². The molecule has 0 amide bonds. The number of aromatic nitrogens is 4. The molecule has 2 aromatic heterocycles. The first kappa shape index (κ1) is 24.7. The number of hydrogen-bond acceptors (Lipinski definition) is 3. The van der Waals surface area contributed by atoms with E-state index >= 15 is 0 Å². The molecule has 8 aromatic rings. The van der Waals surface area contributed by atoms with Crippen LogP contribution in [0.15, 0.2) is 152 Å². The third-order valence-electron chi connectivity index (χ3n) is 8.87. The summed E-state index contributed by atoms with van der Waals surface area (Å²) in [4.78, 5) is 13.9. The van der Waals surface area contributed by atoms with Crippen molar-refractivity contribution in [3.8, 4) is 39.6 Å². The van der Waals surface area contributed by atoms with Crippen molar-refractivity contribution < 1.29 is 0 Å². The van der Waals surface area contributed by atoms with Gasteiger partial charge in [-0.25, -0.2) is 15.0 Å². The van der Waals surface area contributed by atoms with Crippen molar-refractivity contribution in [1.82, 2.24) is 19.5 Å². The summed E-state index contributed by atoms with van der Waals surface area (Å²) >= 11 is 0. The fourth-order valence-corrected chi connectivity index (χ4v) is 6.87. The van der Waals surface area contributed by atoms with Gasteiger partial charge in [-0.05, 0) is 64.2 Å². The normalized spacial score (nSPS) is 12.5. The first-order valence-electron chi connectivity index (χ1n) is 14.9. The minimum Gasteiger partial charge on any atom is -0.309 e. The minimum absolute atomic E-state index is 0.221. The van der Waals surface area contributed by atoms with Crippen molar-refractivity contribution in [2.75, 3.05) is 0 Å². The average Bonchev–Trinajstić information content (AvgIpc) is 3.62. The highest BCUT2D eigenvalue weighted by Crippen LogP contribution is 2.47. The first-order valence-corrected chi connectivity index (χ1v) is 14.9. The molecule has 4 heteroatoms. The number of nitrogens with zero attached hydrogens (tertiary/aromatic N) is 4. The van der Waals surface area contributed by atoms with Gasteiger partial charge in [0.1, 0.15) is 6.33 Å². The summed E-state index contributed by atoms with van der Waals surface area (Å²) in [5, 5.41) is 2.50. The topological polar surface area (TPSA) is 43.6 Å². The molecule has 44 heavy (non-hydrogen) atoms. The number of benzene rings is 6. The van der Waals surface area contributed by atoms with Crippen molar-refractivity contribution in [2.24, 2.45) is 0 Å². The molecule has 2 heterocycles. The lowest BCUT2D eigenvalue weighted by molar-refractivity contribution is 1.01. The lowest BCUT2D eigenvalue weighted by Crippen LogP contribution is -2.00. The van der Waals surface area contributed by atoms with Crippen LogP contribution in [0.25, 0.3) is 61.4 Å². The molecule has 0 fully saturated rings. The van der Waals surface area contributed by atoms with Gasteiger partial charge < -0.3 is 4.57 Å². The van der Waals surface area contributed by atoms with Crippen molar-refractivity contribution in [3.63, 3.8) is 0 Å². The molecule has 4 nitrogen and oxygen atoms in total. The highest BCUT2D eigenvalue weighted by molar-refractivity contribution is 6.09. The Morgan fingerprint density at radius 1 is 0.455 bits per heavy atom. The van der Waals surface area contributed by atoms with Gasteiger partial charge in [-0.15, -0.1) is 0 Å². The van der Waals surface area contributed by atoms with Gasteiger partial charge in [0.2, 0.25) is 0 Å². The molecule has 9 rings (SSSR count). The van der Waals surface area contributed by atoms with E-state index in [-0.39, 0.29) is 5.92 Å². The van der Waals surface area contributed by atoms with Gasteiger partial charge in [-0.2, -0.15) is 0 Å². The summed E-state index contributed by atoms with van der Waals surface area (Å²) in [5.41, 5.74) is 12.0. The van der Waals surface area contributed by atoms with E-state index in [1.165, 1.54) is 49.6 Å². The summed E-state index contributed by atoms with van der Waals surface area (Å²) in [6.45, 7) is 0. The van der Waals surface area contributed by atoms with E-state index in [1.54, 1.807) is 6.33 Å². The maximum absolute atomic E-state index is 4.88. The van der Waals surface area contributed by atoms with Crippen molar-refractivity contribution in [1.29, 1.82) is 0 Å². The van der Waals surface area contributed by atoms with E-state index in [9.17, 15) is 0 Å². The predicted octanol–water partition coefficient (Wildman–Crippen LogP) is 9.46. The van der Waals surface area contributed by atoms with E-state index < -0.39 is 0 Å². The number of hydrogen-bond donors (Lipinski definition) is 0. The van der Waals surface area contributed by atoms with Gasteiger partial charge in [0.25, 0.3) is 0 Å². The molecule has 1 aliphatic carbocycles. The molecule has 0 atom stereocenters. The van der Waals surface area contributed by atoms with Crippen LogP contribution >= 0.6 is 0 Å². The second-order valence-electron chi connectivity index (χ2n) is 11.3. The highest BCUT2D eigenvalue weighted by atomic mass is 15.0. The van der Waals surface area contributed by atoms with Gasteiger partial charge >= 0.3 is 0 Å². The van der Waals surface area contributed by atoms with Crippen LogP contribution in [0.1, 0.15) is 22.6 Å². The maximum atomic E-state index is 4.88. The van der Waals surface area contributed by atoms with Crippen LogP contribution < -0.4 is 0 Å². The molecule has 0 unspecified atom stereocenters. The molecular formula is C40H26N4. The quantitative estimate of drug-likeness (QED) is 0.215. The van der Waals surface area contributed by atoms with E-state index in [2.05, 4.69) is 160 Å². The van der Waals surface area contributed by atoms with Gasteiger partial charge in [-0.3, -0.25) is 0 Å². The fourth-order valence-electron chi connectivity index (χ4n) is 6.87.